The predicted molar refractivity (Wildman–Crippen MR) is 35.2 cm³/mol. The Morgan fingerprint density at radius 1 is 1.44 bits per heavy atom. The lowest BCUT2D eigenvalue weighted by Crippen LogP contribution is -2.14. The van der Waals surface area contributed by atoms with Crippen molar-refractivity contribution in [3.63, 3.8) is 0 Å². The third kappa shape index (κ3) is 0.633. The molecule has 45 valence electrons. The molecule has 1 radical (unpaired) electrons. The van der Waals surface area contributed by atoms with Crippen LogP contribution >= 0.6 is 0 Å². The van der Waals surface area contributed by atoms with E-state index in [0.717, 1.165) is 6.67 Å². The van der Waals surface area contributed by atoms with Gasteiger partial charge in [0.05, 0.1) is 5.70 Å². The van der Waals surface area contributed by atoms with Crippen molar-refractivity contribution in [3.8, 4) is 0 Å². The molecule has 0 aromatic carbocycles. The number of hydrogen-bond acceptors (Lipinski definition) is 1. The maximum Gasteiger partial charge on any atom is 0.114 e. The Balaban J connectivity index is 2.33. The van der Waals surface area contributed by atoms with Gasteiger partial charge in [0.2, 0.25) is 0 Å². The van der Waals surface area contributed by atoms with Crippen LogP contribution in [0.25, 0.3) is 0 Å². The van der Waals surface area contributed by atoms with E-state index in [1.54, 1.807) is 0 Å². The van der Waals surface area contributed by atoms with Crippen LogP contribution in [-0.4, -0.2) is 11.6 Å². The van der Waals surface area contributed by atoms with Crippen LogP contribution in [-0.2, 0) is 0 Å². The minimum atomic E-state index is 0.788. The predicted octanol–water partition coefficient (Wildman–Crippen LogP) is 0.789. The zero-order chi connectivity index (χ0) is 6.10. The normalized spacial score (nSPS) is 21.3. The molecular formula is C7H7N2. The first-order chi connectivity index (χ1) is 4.47. The molecule has 0 aliphatic carbocycles. The molecule has 0 saturated carbocycles. The summed E-state index contributed by atoms with van der Waals surface area (Å²) >= 11 is 0. The highest BCUT2D eigenvalue weighted by Crippen LogP contribution is 2.14. The molecule has 0 unspecified atom stereocenters. The number of hydrogen-bond donors (Lipinski definition) is 0. The van der Waals surface area contributed by atoms with Gasteiger partial charge in [-0.25, -0.2) is 0 Å². The van der Waals surface area contributed by atoms with Crippen LogP contribution < -0.4 is 5.32 Å². The first-order valence-corrected chi connectivity index (χ1v) is 2.95. The highest BCUT2D eigenvalue weighted by Gasteiger charge is 2.10. The van der Waals surface area contributed by atoms with Crippen LogP contribution in [0.3, 0.4) is 0 Å². The number of rotatable bonds is 0. The molecule has 0 saturated heterocycles. The Morgan fingerprint density at radius 3 is 3.33 bits per heavy atom. The van der Waals surface area contributed by atoms with Crippen molar-refractivity contribution in [1.29, 1.82) is 0 Å². The maximum atomic E-state index is 4.09. The molecule has 0 aromatic heterocycles. The SMILES string of the molecule is C1=CC2=C[N]CN2C=C1. The van der Waals surface area contributed by atoms with Gasteiger partial charge >= 0.3 is 0 Å². The molecule has 0 aromatic rings. The van der Waals surface area contributed by atoms with E-state index in [-0.39, 0.29) is 0 Å². The Kier molecular flexibility index (Phi) is 0.859. The van der Waals surface area contributed by atoms with Crippen molar-refractivity contribution in [3.05, 3.63) is 36.3 Å². The van der Waals surface area contributed by atoms with Crippen molar-refractivity contribution in [1.82, 2.24) is 10.2 Å². The highest BCUT2D eigenvalue weighted by atomic mass is 15.3. The van der Waals surface area contributed by atoms with E-state index in [1.165, 1.54) is 5.70 Å². The Labute approximate surface area is 54.2 Å². The second-order valence-corrected chi connectivity index (χ2v) is 2.05. The molecule has 0 bridgehead atoms. The molecule has 0 N–H and O–H groups in total. The summed E-state index contributed by atoms with van der Waals surface area (Å²) in [4.78, 5) is 2.10. The van der Waals surface area contributed by atoms with E-state index in [4.69, 9.17) is 0 Å². The highest BCUT2D eigenvalue weighted by molar-refractivity contribution is 5.29. The van der Waals surface area contributed by atoms with Gasteiger partial charge in [-0.05, 0) is 12.2 Å². The lowest BCUT2D eigenvalue weighted by molar-refractivity contribution is 0.495. The van der Waals surface area contributed by atoms with Crippen molar-refractivity contribution >= 4 is 0 Å². The van der Waals surface area contributed by atoms with E-state index >= 15 is 0 Å². The molecular weight excluding hydrogens is 112 g/mol. The molecule has 2 heteroatoms. The van der Waals surface area contributed by atoms with Gasteiger partial charge in [-0.3, -0.25) is 5.32 Å². The lowest BCUT2D eigenvalue weighted by Gasteiger charge is -2.14. The van der Waals surface area contributed by atoms with Crippen LogP contribution in [0.4, 0.5) is 0 Å². The smallest absolute Gasteiger partial charge is 0.114 e. The van der Waals surface area contributed by atoms with Crippen LogP contribution in [0, 0.1) is 0 Å². The summed E-state index contributed by atoms with van der Waals surface area (Å²) in [5.41, 5.74) is 1.19. The fourth-order valence-corrected chi connectivity index (χ4v) is 0.958. The summed E-state index contributed by atoms with van der Waals surface area (Å²) in [6.07, 6.45) is 10.0. The van der Waals surface area contributed by atoms with Gasteiger partial charge in [-0.1, -0.05) is 6.08 Å². The van der Waals surface area contributed by atoms with Gasteiger partial charge in [0.15, 0.2) is 0 Å². The summed E-state index contributed by atoms with van der Waals surface area (Å²) < 4.78 is 0. The average Bonchev–Trinajstić information content (AvgIpc) is 2.33. The second kappa shape index (κ2) is 1.65. The Bertz CT molecular complexity index is 198. The molecule has 0 atom stereocenters. The zero-order valence-electron chi connectivity index (χ0n) is 4.99. The number of fused-ring (bicyclic) bond motifs is 1. The molecule has 2 heterocycles. The van der Waals surface area contributed by atoms with Gasteiger partial charge in [0.1, 0.15) is 6.67 Å². The summed E-state index contributed by atoms with van der Waals surface area (Å²) in [5, 5.41) is 4.09. The molecule has 0 spiro atoms. The van der Waals surface area contributed by atoms with Crippen molar-refractivity contribution in [2.45, 2.75) is 0 Å². The van der Waals surface area contributed by atoms with E-state index in [1.807, 2.05) is 24.6 Å². The van der Waals surface area contributed by atoms with E-state index in [9.17, 15) is 0 Å². The minimum absolute atomic E-state index is 0.788. The van der Waals surface area contributed by atoms with E-state index in [2.05, 4.69) is 16.3 Å². The van der Waals surface area contributed by atoms with E-state index in [0.29, 0.717) is 0 Å². The molecule has 0 amide bonds. The number of allylic oxidation sites excluding steroid dienone is 3. The fraction of sp³-hybridized carbons (Fsp3) is 0.143. The summed E-state index contributed by atoms with van der Waals surface area (Å²) in [6, 6.07) is 0. The molecule has 0 fully saturated rings. The largest absolute Gasteiger partial charge is 0.327 e. The third-order valence-corrected chi connectivity index (χ3v) is 1.43. The lowest BCUT2D eigenvalue weighted by atomic mass is 10.3. The van der Waals surface area contributed by atoms with Crippen LogP contribution in [0.2, 0.25) is 0 Å². The maximum absolute atomic E-state index is 4.09. The van der Waals surface area contributed by atoms with Crippen LogP contribution in [0.5, 0.6) is 0 Å². The van der Waals surface area contributed by atoms with Crippen LogP contribution in [0.1, 0.15) is 0 Å². The average molecular weight is 119 g/mol. The number of nitrogens with zero attached hydrogens (tertiary/aromatic N) is 2. The zero-order valence-corrected chi connectivity index (χ0v) is 4.99. The van der Waals surface area contributed by atoms with Crippen molar-refractivity contribution in [2.24, 2.45) is 0 Å². The quantitative estimate of drug-likeness (QED) is 0.461. The summed E-state index contributed by atoms with van der Waals surface area (Å²) in [5.74, 6) is 0. The second-order valence-electron chi connectivity index (χ2n) is 2.05. The van der Waals surface area contributed by atoms with Gasteiger partial charge in [0, 0.05) is 12.4 Å². The third-order valence-electron chi connectivity index (χ3n) is 1.43. The molecule has 2 aliphatic heterocycles. The fourth-order valence-electron chi connectivity index (χ4n) is 0.958. The molecule has 2 rings (SSSR count). The van der Waals surface area contributed by atoms with Gasteiger partial charge in [-0.15, -0.1) is 0 Å². The molecule has 9 heavy (non-hydrogen) atoms. The summed E-state index contributed by atoms with van der Waals surface area (Å²) in [7, 11) is 0. The van der Waals surface area contributed by atoms with Gasteiger partial charge in [0.25, 0.3) is 0 Å². The molecule has 2 aliphatic rings. The minimum Gasteiger partial charge on any atom is -0.327 e. The van der Waals surface area contributed by atoms with Gasteiger partial charge in [-0.2, -0.15) is 0 Å². The van der Waals surface area contributed by atoms with Crippen molar-refractivity contribution in [2.75, 3.05) is 6.67 Å². The standard InChI is InChI=1S/C7H7N2/c1-2-4-9-6-8-5-7(9)3-1/h1-5H,6H2. The Morgan fingerprint density at radius 2 is 2.44 bits per heavy atom. The first kappa shape index (κ1) is 4.68. The summed E-state index contributed by atoms with van der Waals surface area (Å²) in [6.45, 7) is 0.788. The van der Waals surface area contributed by atoms with E-state index < -0.39 is 0 Å². The van der Waals surface area contributed by atoms with Crippen LogP contribution in [0.15, 0.2) is 36.3 Å². The Hall–Kier alpha value is -1.18. The van der Waals surface area contributed by atoms with Gasteiger partial charge < -0.3 is 4.90 Å². The molecule has 2 nitrogen and oxygen atoms in total. The van der Waals surface area contributed by atoms with Crippen molar-refractivity contribution < 1.29 is 0 Å². The topological polar surface area (TPSA) is 17.3 Å². The monoisotopic (exact) mass is 119 g/mol. The first-order valence-electron chi connectivity index (χ1n) is 2.95.